The van der Waals surface area contributed by atoms with Gasteiger partial charge in [0.15, 0.2) is 0 Å². The molecule has 1 fully saturated rings. The zero-order valence-electron chi connectivity index (χ0n) is 22.6. The number of methoxy groups -OCH3 is 1. The fourth-order valence-corrected chi connectivity index (χ4v) is 6.21. The van der Waals surface area contributed by atoms with Crippen LogP contribution < -0.4 is 14.4 Å². The van der Waals surface area contributed by atoms with Crippen LogP contribution in [-0.2, 0) is 26.2 Å². The quantitative estimate of drug-likeness (QED) is 0.368. The number of amides is 2. The van der Waals surface area contributed by atoms with Gasteiger partial charge < -0.3 is 15.0 Å². The van der Waals surface area contributed by atoms with Gasteiger partial charge in [-0.25, -0.2) is 12.8 Å². The number of rotatable bonds is 11. The smallest absolute Gasteiger partial charge is 0.264 e. The molecule has 8 nitrogen and oxygen atoms in total. The summed E-state index contributed by atoms with van der Waals surface area (Å²) < 4.78 is 47.3. The van der Waals surface area contributed by atoms with Crippen LogP contribution in [0, 0.1) is 5.82 Å². The Morgan fingerprint density at radius 2 is 1.68 bits per heavy atom. The van der Waals surface area contributed by atoms with Gasteiger partial charge in [-0.2, -0.15) is 0 Å². The Bertz CT molecular complexity index is 1410. The molecule has 1 N–H and O–H groups in total. The SMILES string of the molecule is COc1cccc(CN(C(=O)CN(c2ccccc2)S(=O)(=O)c2ccc(F)cc2)[C@H](C)C(=O)NC2CCCC2)c1. The highest BCUT2D eigenvalue weighted by Crippen LogP contribution is 2.25. The van der Waals surface area contributed by atoms with Crippen LogP contribution in [0.2, 0.25) is 0 Å². The van der Waals surface area contributed by atoms with Gasteiger partial charge in [0, 0.05) is 12.6 Å². The molecule has 0 aromatic heterocycles. The van der Waals surface area contributed by atoms with Gasteiger partial charge in [-0.3, -0.25) is 13.9 Å². The molecule has 0 bridgehead atoms. The van der Waals surface area contributed by atoms with Crippen LogP contribution in [0.4, 0.5) is 10.1 Å². The number of nitrogens with one attached hydrogen (secondary N) is 1. The van der Waals surface area contributed by atoms with Crippen LogP contribution in [0.1, 0.15) is 38.2 Å². The molecular formula is C30H34FN3O5S. The van der Waals surface area contributed by atoms with Crippen molar-refractivity contribution in [1.82, 2.24) is 10.2 Å². The minimum Gasteiger partial charge on any atom is -0.497 e. The van der Waals surface area contributed by atoms with Gasteiger partial charge in [0.2, 0.25) is 11.8 Å². The average Bonchev–Trinajstić information content (AvgIpc) is 3.48. The summed E-state index contributed by atoms with van der Waals surface area (Å²) in [6.45, 7) is 1.15. The van der Waals surface area contributed by atoms with Gasteiger partial charge in [-0.05, 0) is 73.9 Å². The number of hydrogen-bond acceptors (Lipinski definition) is 5. The largest absolute Gasteiger partial charge is 0.497 e. The van der Waals surface area contributed by atoms with Crippen molar-refractivity contribution in [2.75, 3.05) is 18.0 Å². The van der Waals surface area contributed by atoms with Crippen molar-refractivity contribution in [3.8, 4) is 5.75 Å². The fourth-order valence-electron chi connectivity index (χ4n) is 4.80. The van der Waals surface area contributed by atoms with Gasteiger partial charge in [-0.1, -0.05) is 43.2 Å². The van der Waals surface area contributed by atoms with E-state index in [9.17, 15) is 22.4 Å². The van der Waals surface area contributed by atoms with Gasteiger partial charge in [0.05, 0.1) is 17.7 Å². The number of benzene rings is 3. The minimum absolute atomic E-state index is 0.0587. The Hall–Kier alpha value is -3.92. The highest BCUT2D eigenvalue weighted by atomic mass is 32.2. The van der Waals surface area contributed by atoms with Crippen molar-refractivity contribution in [2.45, 2.75) is 56.1 Å². The van der Waals surface area contributed by atoms with Crippen molar-refractivity contribution in [3.05, 3.63) is 90.2 Å². The van der Waals surface area contributed by atoms with Crippen LogP contribution in [-0.4, -0.2) is 50.9 Å². The Kier molecular flexibility index (Phi) is 9.42. The van der Waals surface area contributed by atoms with E-state index in [1.807, 2.05) is 6.07 Å². The maximum atomic E-state index is 13.9. The monoisotopic (exact) mass is 567 g/mol. The standard InChI is InChI=1S/C30H34FN3O5S/c1-22(30(36)32-25-10-6-7-11-25)33(20-23-9-8-14-27(19-23)39-2)29(35)21-34(26-12-4-3-5-13-26)40(37,38)28-17-15-24(31)16-18-28/h3-5,8-9,12-19,22,25H,6-7,10-11,20-21H2,1-2H3,(H,32,36)/t22-/m1/s1. The number of carbonyl (C=O) groups is 2. The molecule has 0 unspecified atom stereocenters. The van der Waals surface area contributed by atoms with Crippen LogP contribution in [0.15, 0.2) is 83.8 Å². The van der Waals surface area contributed by atoms with Crippen molar-refractivity contribution in [2.24, 2.45) is 0 Å². The number of para-hydroxylation sites is 1. The summed E-state index contributed by atoms with van der Waals surface area (Å²) in [5.41, 5.74) is 0.991. The molecule has 0 spiro atoms. The number of anilines is 1. The highest BCUT2D eigenvalue weighted by molar-refractivity contribution is 7.92. The summed E-state index contributed by atoms with van der Waals surface area (Å²) in [7, 11) is -2.71. The Labute approximate surface area is 234 Å². The molecule has 10 heteroatoms. The molecule has 0 aliphatic heterocycles. The van der Waals surface area contributed by atoms with Crippen LogP contribution in [0.25, 0.3) is 0 Å². The molecule has 1 aliphatic carbocycles. The average molecular weight is 568 g/mol. The van der Waals surface area contributed by atoms with Gasteiger partial charge >= 0.3 is 0 Å². The number of nitrogens with zero attached hydrogens (tertiary/aromatic N) is 2. The number of halogens is 1. The molecule has 1 saturated carbocycles. The summed E-state index contributed by atoms with van der Waals surface area (Å²) in [6, 6.07) is 19.0. The molecule has 212 valence electrons. The molecular weight excluding hydrogens is 533 g/mol. The molecule has 0 radical (unpaired) electrons. The Morgan fingerprint density at radius 1 is 1.00 bits per heavy atom. The second-order valence-corrected chi connectivity index (χ2v) is 11.7. The summed E-state index contributed by atoms with van der Waals surface area (Å²) in [5, 5.41) is 3.04. The van der Waals surface area contributed by atoms with E-state index in [4.69, 9.17) is 4.74 Å². The fraction of sp³-hybridized carbons (Fsp3) is 0.333. The zero-order valence-corrected chi connectivity index (χ0v) is 23.4. The normalized spacial score (nSPS) is 14.4. The lowest BCUT2D eigenvalue weighted by molar-refractivity contribution is -0.139. The lowest BCUT2D eigenvalue weighted by Crippen LogP contribution is -2.52. The van der Waals surface area contributed by atoms with Crippen molar-refractivity contribution in [1.29, 1.82) is 0 Å². The summed E-state index contributed by atoms with van der Waals surface area (Å²) in [4.78, 5) is 28.4. The molecule has 0 saturated heterocycles. The lowest BCUT2D eigenvalue weighted by Gasteiger charge is -2.32. The van der Waals surface area contributed by atoms with E-state index in [1.54, 1.807) is 55.5 Å². The van der Waals surface area contributed by atoms with Gasteiger partial charge in [0.25, 0.3) is 10.0 Å². The molecule has 3 aromatic carbocycles. The summed E-state index contributed by atoms with van der Waals surface area (Å²) in [5.74, 6) is -0.840. The second-order valence-electron chi connectivity index (χ2n) is 9.84. The predicted octanol–water partition coefficient (Wildman–Crippen LogP) is 4.51. The van der Waals surface area contributed by atoms with E-state index in [0.29, 0.717) is 5.75 Å². The first-order valence-electron chi connectivity index (χ1n) is 13.2. The van der Waals surface area contributed by atoms with E-state index < -0.39 is 34.3 Å². The van der Waals surface area contributed by atoms with Crippen molar-refractivity contribution < 1.29 is 27.1 Å². The Balaban J connectivity index is 1.67. The molecule has 3 aromatic rings. The second kappa shape index (κ2) is 13.0. The number of ether oxygens (including phenoxy) is 1. The maximum Gasteiger partial charge on any atom is 0.264 e. The summed E-state index contributed by atoms with van der Waals surface area (Å²) >= 11 is 0. The van der Waals surface area contributed by atoms with E-state index in [-0.39, 0.29) is 29.1 Å². The van der Waals surface area contributed by atoms with Crippen LogP contribution in [0.3, 0.4) is 0 Å². The first-order chi connectivity index (χ1) is 19.2. The topological polar surface area (TPSA) is 96.0 Å². The Morgan fingerprint density at radius 3 is 2.33 bits per heavy atom. The van der Waals surface area contributed by atoms with Crippen LogP contribution in [0.5, 0.6) is 5.75 Å². The molecule has 40 heavy (non-hydrogen) atoms. The van der Waals surface area contributed by atoms with E-state index >= 15 is 0 Å². The highest BCUT2D eigenvalue weighted by Gasteiger charge is 2.33. The lowest BCUT2D eigenvalue weighted by atomic mass is 10.1. The maximum absolute atomic E-state index is 13.9. The first kappa shape index (κ1) is 29.1. The van der Waals surface area contributed by atoms with Crippen molar-refractivity contribution >= 4 is 27.5 Å². The molecule has 2 amide bonds. The van der Waals surface area contributed by atoms with E-state index in [0.717, 1.165) is 59.8 Å². The van der Waals surface area contributed by atoms with Gasteiger partial charge in [0.1, 0.15) is 24.2 Å². The molecule has 0 heterocycles. The van der Waals surface area contributed by atoms with E-state index in [1.165, 1.54) is 12.0 Å². The predicted molar refractivity (Wildman–Crippen MR) is 151 cm³/mol. The third kappa shape index (κ3) is 6.98. The number of sulfonamides is 1. The number of carbonyl (C=O) groups excluding carboxylic acids is 2. The molecule has 1 aliphatic rings. The van der Waals surface area contributed by atoms with Crippen LogP contribution >= 0.6 is 0 Å². The van der Waals surface area contributed by atoms with Crippen molar-refractivity contribution in [3.63, 3.8) is 0 Å². The molecule has 4 rings (SSSR count). The first-order valence-corrected chi connectivity index (χ1v) is 14.7. The van der Waals surface area contributed by atoms with E-state index in [2.05, 4.69) is 5.32 Å². The van der Waals surface area contributed by atoms with Gasteiger partial charge in [-0.15, -0.1) is 0 Å². The number of hydrogen-bond donors (Lipinski definition) is 1. The third-order valence-corrected chi connectivity index (χ3v) is 8.87. The minimum atomic E-state index is -4.25. The summed E-state index contributed by atoms with van der Waals surface area (Å²) in [6.07, 6.45) is 3.86. The molecule has 1 atom stereocenters. The zero-order chi connectivity index (χ0) is 28.7. The third-order valence-electron chi connectivity index (χ3n) is 7.08.